The number of carbonyl (C=O) groups excluding carboxylic acids is 1. The number of halogens is 3. The lowest BCUT2D eigenvalue weighted by molar-refractivity contribution is 0.0602. The number of rotatable bonds is 3. The predicted molar refractivity (Wildman–Crippen MR) is 76.8 cm³/mol. The zero-order valence-electron chi connectivity index (χ0n) is 10.9. The summed E-state index contributed by atoms with van der Waals surface area (Å²) < 4.78 is 31.6. The van der Waals surface area contributed by atoms with Gasteiger partial charge in [0.05, 0.1) is 29.1 Å². The Morgan fingerprint density at radius 2 is 1.95 bits per heavy atom. The molecule has 0 amide bonds. The first-order valence-corrected chi connectivity index (χ1v) is 6.19. The van der Waals surface area contributed by atoms with Gasteiger partial charge in [-0.25, -0.2) is 13.6 Å². The van der Waals surface area contributed by atoms with Crippen molar-refractivity contribution >= 4 is 34.6 Å². The first-order chi connectivity index (χ1) is 9.92. The van der Waals surface area contributed by atoms with E-state index in [2.05, 4.69) is 10.1 Å². The quantitative estimate of drug-likeness (QED) is 0.669. The lowest BCUT2D eigenvalue weighted by Crippen LogP contribution is -2.08. The summed E-state index contributed by atoms with van der Waals surface area (Å²) in [7, 11) is 1.18. The maximum atomic E-state index is 13.9. The number of methoxy groups -OCH3 is 1. The Morgan fingerprint density at radius 1 is 1.24 bits per heavy atom. The maximum Gasteiger partial charge on any atom is 0.340 e. The van der Waals surface area contributed by atoms with Gasteiger partial charge < -0.3 is 15.8 Å². The van der Waals surface area contributed by atoms with E-state index in [0.29, 0.717) is 0 Å². The number of nitrogens with one attached hydrogen (secondary N) is 1. The number of esters is 1. The van der Waals surface area contributed by atoms with Crippen molar-refractivity contribution in [3.8, 4) is 0 Å². The van der Waals surface area contributed by atoms with Crippen LogP contribution in [0.4, 0.5) is 25.8 Å². The average molecular weight is 313 g/mol. The molecule has 0 atom stereocenters. The van der Waals surface area contributed by atoms with Gasteiger partial charge in [0.15, 0.2) is 0 Å². The van der Waals surface area contributed by atoms with Crippen LogP contribution >= 0.6 is 11.6 Å². The van der Waals surface area contributed by atoms with E-state index in [1.54, 1.807) is 0 Å². The number of carbonyl (C=O) groups is 1. The smallest absolute Gasteiger partial charge is 0.340 e. The average Bonchev–Trinajstić information content (AvgIpc) is 2.44. The summed E-state index contributed by atoms with van der Waals surface area (Å²) in [4.78, 5) is 11.5. The highest BCUT2D eigenvalue weighted by atomic mass is 35.5. The van der Waals surface area contributed by atoms with Crippen molar-refractivity contribution in [2.24, 2.45) is 0 Å². The molecule has 0 aliphatic rings. The third-order valence-electron chi connectivity index (χ3n) is 2.74. The fourth-order valence-electron chi connectivity index (χ4n) is 1.71. The molecule has 0 bridgehead atoms. The van der Waals surface area contributed by atoms with Gasteiger partial charge in [-0.1, -0.05) is 11.6 Å². The van der Waals surface area contributed by atoms with Crippen LogP contribution in [0.1, 0.15) is 10.4 Å². The molecule has 3 N–H and O–H groups in total. The van der Waals surface area contributed by atoms with E-state index < -0.39 is 17.6 Å². The van der Waals surface area contributed by atoms with Gasteiger partial charge in [-0.2, -0.15) is 0 Å². The number of hydrogen-bond acceptors (Lipinski definition) is 4. The molecule has 4 nitrogen and oxygen atoms in total. The van der Waals surface area contributed by atoms with Crippen LogP contribution in [-0.4, -0.2) is 13.1 Å². The molecule has 0 radical (unpaired) electrons. The highest BCUT2D eigenvalue weighted by Crippen LogP contribution is 2.30. The first-order valence-electron chi connectivity index (χ1n) is 5.81. The molecule has 0 spiro atoms. The van der Waals surface area contributed by atoms with Crippen LogP contribution in [0.15, 0.2) is 30.3 Å². The second-order valence-corrected chi connectivity index (χ2v) is 4.57. The van der Waals surface area contributed by atoms with E-state index in [9.17, 15) is 13.6 Å². The second-order valence-electron chi connectivity index (χ2n) is 4.16. The molecule has 0 saturated carbocycles. The molecule has 0 heterocycles. The molecule has 2 rings (SSSR count). The Kier molecular flexibility index (Phi) is 4.28. The summed E-state index contributed by atoms with van der Waals surface area (Å²) >= 11 is 5.89. The summed E-state index contributed by atoms with van der Waals surface area (Å²) in [5.74, 6) is -1.95. The van der Waals surface area contributed by atoms with Crippen molar-refractivity contribution in [2.75, 3.05) is 18.2 Å². The van der Waals surface area contributed by atoms with E-state index in [0.717, 1.165) is 12.1 Å². The second kappa shape index (κ2) is 5.97. The van der Waals surface area contributed by atoms with E-state index >= 15 is 0 Å². The molecule has 0 unspecified atom stereocenters. The number of anilines is 3. The number of hydrogen-bond donors (Lipinski definition) is 2. The molecule has 7 heteroatoms. The van der Waals surface area contributed by atoms with Gasteiger partial charge in [-0.05, 0) is 30.3 Å². The largest absolute Gasteiger partial charge is 0.465 e. The Bertz CT molecular complexity index is 708. The van der Waals surface area contributed by atoms with Gasteiger partial charge in [0.25, 0.3) is 0 Å². The van der Waals surface area contributed by atoms with E-state index in [1.165, 1.54) is 25.3 Å². The summed E-state index contributed by atoms with van der Waals surface area (Å²) in [5, 5.41) is 2.82. The zero-order valence-corrected chi connectivity index (χ0v) is 11.7. The predicted octanol–water partition coefficient (Wildman–Crippen LogP) is 3.73. The Labute approximate surface area is 124 Å². The fraction of sp³-hybridized carbons (Fsp3) is 0.0714. The number of benzene rings is 2. The molecule has 21 heavy (non-hydrogen) atoms. The van der Waals surface area contributed by atoms with Crippen LogP contribution < -0.4 is 11.1 Å². The SMILES string of the molecule is COC(=O)c1cc(Nc2cc(F)ccc2Cl)c(F)cc1N. The molecule has 0 saturated heterocycles. The minimum absolute atomic E-state index is 0.00562. The van der Waals surface area contributed by atoms with Crippen LogP contribution in [-0.2, 0) is 4.74 Å². The van der Waals surface area contributed by atoms with Crippen LogP contribution in [0, 0.1) is 11.6 Å². The number of nitrogen functional groups attached to an aromatic ring is 1. The topological polar surface area (TPSA) is 64.3 Å². The van der Waals surface area contributed by atoms with Crippen molar-refractivity contribution in [1.82, 2.24) is 0 Å². The molecule has 0 aliphatic heterocycles. The molecular formula is C14H11ClF2N2O2. The zero-order chi connectivity index (χ0) is 15.6. The van der Waals surface area contributed by atoms with Gasteiger partial charge in [-0.15, -0.1) is 0 Å². The molecule has 0 aromatic heterocycles. The minimum Gasteiger partial charge on any atom is -0.465 e. The lowest BCUT2D eigenvalue weighted by Gasteiger charge is -2.12. The standard InChI is InChI=1S/C14H11ClF2N2O2/c1-21-14(20)8-5-13(10(17)6-11(8)18)19-12-4-7(16)2-3-9(12)15/h2-6,19H,18H2,1H3. The van der Waals surface area contributed by atoms with Gasteiger partial charge in [-0.3, -0.25) is 0 Å². The summed E-state index contributed by atoms with van der Waals surface area (Å²) in [6.07, 6.45) is 0. The molecule has 110 valence electrons. The van der Waals surface area contributed by atoms with E-state index in [-0.39, 0.29) is 27.6 Å². The Hall–Kier alpha value is -2.34. The van der Waals surface area contributed by atoms with Crippen molar-refractivity contribution in [3.63, 3.8) is 0 Å². The lowest BCUT2D eigenvalue weighted by atomic mass is 10.1. The molecule has 0 aliphatic carbocycles. The molecule has 0 fully saturated rings. The van der Waals surface area contributed by atoms with Crippen molar-refractivity contribution in [2.45, 2.75) is 0 Å². The van der Waals surface area contributed by atoms with Gasteiger partial charge in [0.1, 0.15) is 11.6 Å². The highest BCUT2D eigenvalue weighted by Gasteiger charge is 2.15. The van der Waals surface area contributed by atoms with Gasteiger partial charge >= 0.3 is 5.97 Å². The Balaban J connectivity index is 2.44. The van der Waals surface area contributed by atoms with Crippen LogP contribution in [0.5, 0.6) is 0 Å². The third-order valence-corrected chi connectivity index (χ3v) is 3.07. The van der Waals surface area contributed by atoms with Crippen LogP contribution in [0.3, 0.4) is 0 Å². The minimum atomic E-state index is -0.708. The summed E-state index contributed by atoms with van der Waals surface area (Å²) in [6.45, 7) is 0. The van der Waals surface area contributed by atoms with Crippen LogP contribution in [0.2, 0.25) is 5.02 Å². The number of ether oxygens (including phenoxy) is 1. The van der Waals surface area contributed by atoms with Crippen molar-refractivity contribution < 1.29 is 18.3 Å². The first kappa shape index (κ1) is 15.1. The fourth-order valence-corrected chi connectivity index (χ4v) is 1.87. The highest BCUT2D eigenvalue weighted by molar-refractivity contribution is 6.33. The van der Waals surface area contributed by atoms with Crippen LogP contribution in [0.25, 0.3) is 0 Å². The van der Waals surface area contributed by atoms with Crippen molar-refractivity contribution in [1.29, 1.82) is 0 Å². The van der Waals surface area contributed by atoms with E-state index in [1.807, 2.05) is 0 Å². The molecule has 2 aromatic carbocycles. The monoisotopic (exact) mass is 312 g/mol. The van der Waals surface area contributed by atoms with Gasteiger partial charge in [0.2, 0.25) is 0 Å². The molecular weight excluding hydrogens is 302 g/mol. The Morgan fingerprint density at radius 3 is 2.62 bits per heavy atom. The van der Waals surface area contributed by atoms with Crippen molar-refractivity contribution in [3.05, 3.63) is 52.6 Å². The number of nitrogens with two attached hydrogens (primary N) is 1. The molecule has 2 aromatic rings. The van der Waals surface area contributed by atoms with E-state index in [4.69, 9.17) is 17.3 Å². The summed E-state index contributed by atoms with van der Waals surface area (Å²) in [6, 6.07) is 5.76. The van der Waals surface area contributed by atoms with Gasteiger partial charge in [0, 0.05) is 5.69 Å². The summed E-state index contributed by atoms with van der Waals surface area (Å²) in [5.41, 5.74) is 5.58. The maximum absolute atomic E-state index is 13.9. The third kappa shape index (κ3) is 3.22. The normalized spacial score (nSPS) is 10.3.